The topological polar surface area (TPSA) is 171 Å². The van der Waals surface area contributed by atoms with Gasteiger partial charge in [0.25, 0.3) is 5.91 Å². The monoisotopic (exact) mass is 561 g/mol. The highest BCUT2D eigenvalue weighted by atomic mass is 32.2. The molecule has 5 atom stereocenters. The molecule has 0 unspecified atom stereocenters. The smallest absolute Gasteiger partial charge is 0.335 e. The molecule has 2 aromatic carbocycles. The highest BCUT2D eigenvalue weighted by Gasteiger charge is 2.47. The Morgan fingerprint density at radius 3 is 2.18 bits per heavy atom. The molecule has 2 aliphatic rings. The van der Waals surface area contributed by atoms with Gasteiger partial charge in [0.1, 0.15) is 18.3 Å². The van der Waals surface area contributed by atoms with E-state index in [0.29, 0.717) is 29.8 Å². The van der Waals surface area contributed by atoms with Gasteiger partial charge in [-0.2, -0.15) is 0 Å². The second-order valence-corrected chi connectivity index (χ2v) is 11.6. The lowest BCUT2D eigenvalue weighted by Crippen LogP contribution is -2.60. The van der Waals surface area contributed by atoms with Gasteiger partial charge in [-0.05, 0) is 40.8 Å². The third kappa shape index (κ3) is 6.06. The van der Waals surface area contributed by atoms with Gasteiger partial charge in [0, 0.05) is 19.3 Å². The molecular formula is C27H31NO10S. The van der Waals surface area contributed by atoms with Crippen LogP contribution >= 0.6 is 0 Å². The molecule has 0 bridgehead atoms. The van der Waals surface area contributed by atoms with E-state index in [-0.39, 0.29) is 17.4 Å². The third-order valence-electron chi connectivity index (χ3n) is 6.75. The van der Waals surface area contributed by atoms with Gasteiger partial charge < -0.3 is 34.8 Å². The number of carbonyl (C=O) groups is 2. The largest absolute Gasteiger partial charge is 0.479 e. The maximum absolute atomic E-state index is 13.3. The van der Waals surface area contributed by atoms with Gasteiger partial charge in [-0.25, -0.2) is 13.2 Å². The van der Waals surface area contributed by atoms with Gasteiger partial charge in [0.15, 0.2) is 22.2 Å². The molecule has 0 radical (unpaired) electrons. The van der Waals surface area contributed by atoms with Crippen molar-refractivity contribution >= 4 is 32.9 Å². The molecule has 210 valence electrons. The first-order chi connectivity index (χ1) is 18.4. The summed E-state index contributed by atoms with van der Waals surface area (Å²) in [5.74, 6) is -1.63. The first kappa shape index (κ1) is 28.9. The van der Waals surface area contributed by atoms with Crippen molar-refractivity contribution in [3.8, 4) is 0 Å². The summed E-state index contributed by atoms with van der Waals surface area (Å²) in [7, 11) is -3.36. The number of carboxylic acids is 1. The van der Waals surface area contributed by atoms with E-state index in [4.69, 9.17) is 9.47 Å². The maximum atomic E-state index is 13.3. The number of rotatable bonds is 9. The minimum Gasteiger partial charge on any atom is -0.479 e. The van der Waals surface area contributed by atoms with Crippen molar-refractivity contribution in [3.05, 3.63) is 65.2 Å². The average molecular weight is 562 g/mol. The standard InChI is InChI=1S/C27H31NO10S/c1-3-12-28-13-19(16-8-10-18(11-9-16)39(2,35)36)20(25(28)32)17-6-4-15(5-7-17)14-37-27-23(31)21(29)22(30)24(38-27)26(33)34/h4-11,21-24,27,29-31H,3,12-14H2,1-2H3,(H,33,34)/t21-,22-,23+,24-,27+/m1/s1. The Labute approximate surface area is 225 Å². The van der Waals surface area contributed by atoms with Crippen LogP contribution in [-0.2, 0) is 35.5 Å². The van der Waals surface area contributed by atoms with Crippen LogP contribution < -0.4 is 0 Å². The van der Waals surface area contributed by atoms with Crippen molar-refractivity contribution < 1.29 is 47.9 Å². The number of amides is 1. The molecule has 4 rings (SSSR count). The van der Waals surface area contributed by atoms with Crippen molar-refractivity contribution in [2.45, 2.75) is 55.6 Å². The fourth-order valence-corrected chi connectivity index (χ4v) is 5.28. The molecule has 0 aliphatic carbocycles. The Balaban J connectivity index is 1.55. The van der Waals surface area contributed by atoms with Gasteiger partial charge in [-0.3, -0.25) is 4.79 Å². The summed E-state index contributed by atoms with van der Waals surface area (Å²) in [5, 5.41) is 39.1. The number of aliphatic carboxylic acids is 1. The van der Waals surface area contributed by atoms with Gasteiger partial charge >= 0.3 is 5.97 Å². The molecule has 1 saturated heterocycles. The number of carboxylic acid groups (broad SMARTS) is 1. The number of carbonyl (C=O) groups excluding carboxylic acids is 1. The first-order valence-electron chi connectivity index (χ1n) is 12.4. The van der Waals surface area contributed by atoms with Gasteiger partial charge in [-0.1, -0.05) is 43.3 Å². The zero-order valence-corrected chi connectivity index (χ0v) is 22.2. The average Bonchev–Trinajstić information content (AvgIpc) is 3.22. The predicted molar refractivity (Wildman–Crippen MR) is 139 cm³/mol. The Morgan fingerprint density at radius 2 is 1.62 bits per heavy atom. The molecule has 12 heteroatoms. The van der Waals surface area contributed by atoms with Crippen LogP contribution in [0.3, 0.4) is 0 Å². The fraction of sp³-hybridized carbons (Fsp3) is 0.407. The lowest BCUT2D eigenvalue weighted by atomic mass is 9.96. The Hall–Kier alpha value is -3.13. The lowest BCUT2D eigenvalue weighted by molar-refractivity contribution is -0.297. The van der Waals surface area contributed by atoms with E-state index in [2.05, 4.69) is 0 Å². The van der Waals surface area contributed by atoms with Crippen LogP contribution in [0.4, 0.5) is 0 Å². The van der Waals surface area contributed by atoms with E-state index in [9.17, 15) is 38.4 Å². The summed E-state index contributed by atoms with van der Waals surface area (Å²) in [5.41, 5.74) is 3.31. The minimum absolute atomic E-state index is 0.105. The summed E-state index contributed by atoms with van der Waals surface area (Å²) in [4.78, 5) is 26.5. The summed E-state index contributed by atoms with van der Waals surface area (Å²) in [6, 6.07) is 13.3. The number of aliphatic hydroxyl groups excluding tert-OH is 3. The number of hydrogen-bond donors (Lipinski definition) is 4. The maximum Gasteiger partial charge on any atom is 0.335 e. The third-order valence-corrected chi connectivity index (χ3v) is 7.87. The Bertz CT molecular complexity index is 1350. The molecule has 1 amide bonds. The molecule has 2 heterocycles. The van der Waals surface area contributed by atoms with Crippen LogP contribution in [0.1, 0.15) is 30.0 Å². The quantitative estimate of drug-likeness (QED) is 0.341. The summed E-state index contributed by atoms with van der Waals surface area (Å²) in [6.45, 7) is 2.83. The van der Waals surface area contributed by atoms with Crippen LogP contribution in [-0.4, -0.2) is 95.7 Å². The number of benzene rings is 2. The van der Waals surface area contributed by atoms with E-state index >= 15 is 0 Å². The molecule has 0 spiro atoms. The predicted octanol–water partition coefficient (Wildman–Crippen LogP) is 0.662. The van der Waals surface area contributed by atoms with Crippen molar-refractivity contribution in [2.75, 3.05) is 19.3 Å². The number of nitrogens with zero attached hydrogens (tertiary/aromatic N) is 1. The van der Waals surface area contributed by atoms with Crippen molar-refractivity contribution in [1.82, 2.24) is 4.90 Å². The van der Waals surface area contributed by atoms with E-state index in [1.165, 1.54) is 12.1 Å². The molecular weight excluding hydrogens is 530 g/mol. The second-order valence-electron chi connectivity index (χ2n) is 9.62. The van der Waals surface area contributed by atoms with Crippen LogP contribution in [0.5, 0.6) is 0 Å². The SMILES string of the molecule is CCCN1CC(c2ccc(S(C)(=O)=O)cc2)=C(c2ccc(CO[C@H]3O[C@@H](C(=O)O)[C@H](O)[C@@H](O)[C@@H]3O)cc2)C1=O. The first-order valence-corrected chi connectivity index (χ1v) is 14.3. The van der Waals surface area contributed by atoms with Crippen molar-refractivity contribution in [1.29, 1.82) is 0 Å². The summed E-state index contributed by atoms with van der Waals surface area (Å²) < 4.78 is 34.4. The summed E-state index contributed by atoms with van der Waals surface area (Å²) >= 11 is 0. The lowest BCUT2D eigenvalue weighted by Gasteiger charge is -2.38. The number of sulfone groups is 1. The van der Waals surface area contributed by atoms with E-state index in [1.807, 2.05) is 6.92 Å². The molecule has 39 heavy (non-hydrogen) atoms. The molecule has 0 saturated carbocycles. The van der Waals surface area contributed by atoms with Crippen LogP contribution in [0.2, 0.25) is 0 Å². The summed E-state index contributed by atoms with van der Waals surface area (Å²) in [6.07, 6.45) is -6.55. The van der Waals surface area contributed by atoms with Gasteiger partial charge in [-0.15, -0.1) is 0 Å². The second kappa shape index (κ2) is 11.5. The van der Waals surface area contributed by atoms with Crippen molar-refractivity contribution in [2.24, 2.45) is 0 Å². The Morgan fingerprint density at radius 1 is 1.00 bits per heavy atom. The van der Waals surface area contributed by atoms with Crippen LogP contribution in [0.15, 0.2) is 53.4 Å². The number of hydrogen-bond acceptors (Lipinski definition) is 9. The highest BCUT2D eigenvalue weighted by molar-refractivity contribution is 7.90. The van der Waals surface area contributed by atoms with Gasteiger partial charge in [0.05, 0.1) is 17.1 Å². The molecule has 11 nitrogen and oxygen atoms in total. The zero-order chi connectivity index (χ0) is 28.5. The fourth-order valence-electron chi connectivity index (χ4n) is 4.65. The molecule has 0 aromatic heterocycles. The van der Waals surface area contributed by atoms with E-state index in [0.717, 1.165) is 23.8 Å². The van der Waals surface area contributed by atoms with E-state index in [1.54, 1.807) is 41.3 Å². The zero-order valence-electron chi connectivity index (χ0n) is 21.4. The van der Waals surface area contributed by atoms with Gasteiger partial charge in [0.2, 0.25) is 0 Å². The number of ether oxygens (including phenoxy) is 2. The van der Waals surface area contributed by atoms with Crippen LogP contribution in [0.25, 0.3) is 11.1 Å². The normalized spacial score (nSPS) is 25.8. The molecule has 2 aromatic rings. The van der Waals surface area contributed by atoms with Crippen molar-refractivity contribution in [3.63, 3.8) is 0 Å². The Kier molecular flexibility index (Phi) is 8.54. The highest BCUT2D eigenvalue weighted by Crippen LogP contribution is 2.35. The minimum atomic E-state index is -3.36. The molecule has 2 aliphatic heterocycles. The van der Waals surface area contributed by atoms with E-state index < -0.39 is 46.5 Å². The molecule has 1 fully saturated rings. The number of aliphatic hydroxyl groups is 3. The van der Waals surface area contributed by atoms with Crippen LogP contribution in [0, 0.1) is 0 Å². The molecule has 4 N–H and O–H groups in total.